The lowest BCUT2D eigenvalue weighted by Gasteiger charge is -2.13. The molecule has 0 aromatic heterocycles. The van der Waals surface area contributed by atoms with Crippen LogP contribution in [0.25, 0.3) is 0 Å². The number of benzene rings is 1. The Hall–Kier alpha value is -2.49. The molecule has 0 aliphatic rings. The van der Waals surface area contributed by atoms with Gasteiger partial charge in [0.15, 0.2) is 0 Å². The summed E-state index contributed by atoms with van der Waals surface area (Å²) in [6.45, 7) is 7.39. The lowest BCUT2D eigenvalue weighted by atomic mass is 9.94. The minimum atomic E-state index is -0.526. The summed E-state index contributed by atoms with van der Waals surface area (Å²) in [4.78, 5) is 15.9. The molecule has 0 heterocycles. The van der Waals surface area contributed by atoms with E-state index in [1.807, 2.05) is 13.0 Å². The van der Waals surface area contributed by atoms with E-state index in [9.17, 15) is 9.18 Å². The van der Waals surface area contributed by atoms with Crippen LogP contribution >= 0.6 is 0 Å². The second kappa shape index (κ2) is 9.51. The zero-order valence-corrected chi connectivity index (χ0v) is 13.6. The number of aliphatic imine (C=N–C) groups is 1. The zero-order valence-electron chi connectivity index (χ0n) is 13.6. The average Bonchev–Trinajstić information content (AvgIpc) is 2.52. The molecule has 1 aromatic carbocycles. The third-order valence-corrected chi connectivity index (χ3v) is 3.49. The van der Waals surface area contributed by atoms with Crippen LogP contribution < -0.4 is 5.73 Å². The summed E-state index contributed by atoms with van der Waals surface area (Å²) in [5, 5.41) is 0. The van der Waals surface area contributed by atoms with Crippen molar-refractivity contribution in [2.24, 2.45) is 10.7 Å². The molecule has 2 N–H and O–H groups in total. The van der Waals surface area contributed by atoms with Crippen LogP contribution in [0.3, 0.4) is 0 Å². The summed E-state index contributed by atoms with van der Waals surface area (Å²) in [7, 11) is 0. The molecule has 1 unspecified atom stereocenters. The molecule has 0 saturated carbocycles. The Morgan fingerprint density at radius 2 is 2.22 bits per heavy atom. The second-order valence-corrected chi connectivity index (χ2v) is 5.20. The molecule has 0 fully saturated rings. The van der Waals surface area contributed by atoms with Gasteiger partial charge < -0.3 is 5.73 Å². The van der Waals surface area contributed by atoms with Crippen LogP contribution in [0.5, 0.6) is 0 Å². The summed E-state index contributed by atoms with van der Waals surface area (Å²) >= 11 is 0. The minimum absolute atomic E-state index is 0.144. The summed E-state index contributed by atoms with van der Waals surface area (Å²) in [6.07, 6.45) is 7.78. The smallest absolute Gasteiger partial charge is 0.250 e. The molecular weight excluding hydrogens is 291 g/mol. The molecule has 4 heteroatoms. The Kier molecular flexibility index (Phi) is 7.67. The highest BCUT2D eigenvalue weighted by molar-refractivity contribution is 5.95. The number of nitrogens with zero attached hydrogens (tertiary/aromatic N) is 1. The van der Waals surface area contributed by atoms with E-state index in [2.05, 4.69) is 11.6 Å². The number of rotatable bonds is 8. The second-order valence-electron chi connectivity index (χ2n) is 5.20. The van der Waals surface area contributed by atoms with Crippen molar-refractivity contribution < 1.29 is 9.18 Å². The topological polar surface area (TPSA) is 55.5 Å². The lowest BCUT2D eigenvalue weighted by Crippen LogP contribution is -2.14. The quantitative estimate of drug-likeness (QED) is 0.434. The maximum Gasteiger partial charge on any atom is 0.250 e. The van der Waals surface area contributed by atoms with Crippen LogP contribution in [-0.4, -0.2) is 12.1 Å². The first kappa shape index (κ1) is 18.6. The molecular formula is C19H23FN2O. The lowest BCUT2D eigenvalue weighted by molar-refractivity contribution is -0.114. The molecule has 3 nitrogen and oxygen atoms in total. The van der Waals surface area contributed by atoms with Crippen molar-refractivity contribution in [3.8, 4) is 0 Å². The number of hydrogen-bond acceptors (Lipinski definition) is 2. The number of carbonyl (C=O) groups is 1. The molecule has 1 rings (SSSR count). The molecule has 122 valence electrons. The number of nitrogens with two attached hydrogens (primary N) is 1. The van der Waals surface area contributed by atoms with Crippen LogP contribution in [0.2, 0.25) is 0 Å². The van der Waals surface area contributed by atoms with Crippen molar-refractivity contribution in [1.29, 1.82) is 0 Å². The van der Waals surface area contributed by atoms with Gasteiger partial charge in [-0.3, -0.25) is 9.79 Å². The van der Waals surface area contributed by atoms with E-state index >= 15 is 0 Å². The van der Waals surface area contributed by atoms with Crippen LogP contribution in [0.1, 0.15) is 38.2 Å². The van der Waals surface area contributed by atoms with E-state index in [4.69, 9.17) is 5.73 Å². The first-order chi connectivity index (χ1) is 11.0. The third-order valence-electron chi connectivity index (χ3n) is 3.49. The van der Waals surface area contributed by atoms with Gasteiger partial charge >= 0.3 is 0 Å². The van der Waals surface area contributed by atoms with E-state index in [-0.39, 0.29) is 11.7 Å². The normalized spacial score (nSPS) is 14.0. The van der Waals surface area contributed by atoms with Gasteiger partial charge in [-0.05, 0) is 49.5 Å². The van der Waals surface area contributed by atoms with Crippen molar-refractivity contribution in [2.45, 2.75) is 32.6 Å². The van der Waals surface area contributed by atoms with E-state index in [0.717, 1.165) is 12.0 Å². The molecule has 0 saturated heterocycles. The van der Waals surface area contributed by atoms with Crippen molar-refractivity contribution in [2.75, 3.05) is 0 Å². The predicted octanol–water partition coefficient (Wildman–Crippen LogP) is 4.28. The Labute approximate surface area is 137 Å². The molecule has 1 atom stereocenters. The summed E-state index contributed by atoms with van der Waals surface area (Å²) in [5.41, 5.74) is 7.36. The fourth-order valence-corrected chi connectivity index (χ4v) is 2.24. The minimum Gasteiger partial charge on any atom is -0.366 e. The number of allylic oxidation sites excluding steroid dienone is 3. The van der Waals surface area contributed by atoms with E-state index in [0.29, 0.717) is 17.7 Å². The van der Waals surface area contributed by atoms with Gasteiger partial charge in [0, 0.05) is 6.21 Å². The van der Waals surface area contributed by atoms with Gasteiger partial charge in [-0.1, -0.05) is 37.8 Å². The Bertz CT molecular complexity index is 645. The molecule has 23 heavy (non-hydrogen) atoms. The SMILES string of the molecule is C=C/C=C\C(C(N)=O)=C(/CCC(C)c1cccc(F)c1)N=CC. The maximum atomic E-state index is 13.3. The molecule has 1 amide bonds. The fourth-order valence-electron chi connectivity index (χ4n) is 2.24. The van der Waals surface area contributed by atoms with Crippen molar-refractivity contribution in [3.63, 3.8) is 0 Å². The highest BCUT2D eigenvalue weighted by atomic mass is 19.1. The van der Waals surface area contributed by atoms with Gasteiger partial charge in [-0.25, -0.2) is 4.39 Å². The van der Waals surface area contributed by atoms with Gasteiger partial charge in [0.05, 0.1) is 11.3 Å². The number of hydrogen-bond donors (Lipinski definition) is 1. The molecule has 0 bridgehead atoms. The van der Waals surface area contributed by atoms with Crippen LogP contribution in [0.4, 0.5) is 4.39 Å². The van der Waals surface area contributed by atoms with Gasteiger partial charge in [0.1, 0.15) is 5.82 Å². The van der Waals surface area contributed by atoms with Crippen LogP contribution in [0.15, 0.2) is 65.3 Å². The van der Waals surface area contributed by atoms with Gasteiger partial charge in [0.2, 0.25) is 0 Å². The highest BCUT2D eigenvalue weighted by Gasteiger charge is 2.12. The van der Waals surface area contributed by atoms with E-state index < -0.39 is 5.91 Å². The first-order valence-electron chi connectivity index (χ1n) is 7.55. The van der Waals surface area contributed by atoms with Gasteiger partial charge in [0.25, 0.3) is 5.91 Å². The number of primary amides is 1. The first-order valence-corrected chi connectivity index (χ1v) is 7.55. The Morgan fingerprint density at radius 1 is 1.48 bits per heavy atom. The Balaban J connectivity index is 2.97. The van der Waals surface area contributed by atoms with Gasteiger partial charge in [-0.15, -0.1) is 0 Å². The molecule has 0 aliphatic heterocycles. The summed E-state index contributed by atoms with van der Waals surface area (Å²) in [5.74, 6) is -0.629. The Morgan fingerprint density at radius 3 is 2.78 bits per heavy atom. The van der Waals surface area contributed by atoms with Crippen molar-refractivity contribution in [1.82, 2.24) is 0 Å². The largest absolute Gasteiger partial charge is 0.366 e. The predicted molar refractivity (Wildman–Crippen MR) is 93.8 cm³/mol. The molecule has 0 spiro atoms. The highest BCUT2D eigenvalue weighted by Crippen LogP contribution is 2.25. The summed E-state index contributed by atoms with van der Waals surface area (Å²) in [6, 6.07) is 6.55. The van der Waals surface area contributed by atoms with Crippen LogP contribution in [0, 0.1) is 5.82 Å². The van der Waals surface area contributed by atoms with Crippen LogP contribution in [-0.2, 0) is 4.79 Å². The third kappa shape index (κ3) is 6.02. The molecule has 0 radical (unpaired) electrons. The number of amides is 1. The van der Waals surface area contributed by atoms with Crippen molar-refractivity contribution in [3.05, 3.63) is 71.7 Å². The number of halogens is 1. The van der Waals surface area contributed by atoms with Gasteiger partial charge in [-0.2, -0.15) is 0 Å². The standard InChI is InChI=1S/C19H23FN2O/c1-4-6-10-17(19(21)23)18(22-5-2)12-11-14(3)15-8-7-9-16(20)13-15/h4-10,13-14H,1,11-12H2,2-3H3,(H2,21,23)/b10-6-,18-17-,22-5?. The fraction of sp³-hybridized carbons (Fsp3) is 0.263. The van der Waals surface area contributed by atoms with E-state index in [1.54, 1.807) is 37.4 Å². The average molecular weight is 314 g/mol. The maximum absolute atomic E-state index is 13.3. The molecule has 0 aliphatic carbocycles. The van der Waals surface area contributed by atoms with Crippen molar-refractivity contribution >= 4 is 12.1 Å². The summed E-state index contributed by atoms with van der Waals surface area (Å²) < 4.78 is 13.3. The molecule has 1 aromatic rings. The zero-order chi connectivity index (χ0) is 17.2. The van der Waals surface area contributed by atoms with E-state index in [1.165, 1.54) is 12.1 Å². The monoisotopic (exact) mass is 314 g/mol. The number of carbonyl (C=O) groups excluding carboxylic acids is 1.